The number of hydrogen-bond donors (Lipinski definition) is 1. The molecule has 1 amide bonds. The Bertz CT molecular complexity index is 179. The number of carbonyl (C=O) groups excluding carboxylic acids is 1. The lowest BCUT2D eigenvalue weighted by molar-refractivity contribution is -0.131. The summed E-state index contributed by atoms with van der Waals surface area (Å²) in [6.45, 7) is 0.815. The van der Waals surface area contributed by atoms with E-state index < -0.39 is 12.3 Å². The molecule has 1 fully saturated rings. The second-order valence-corrected chi connectivity index (χ2v) is 3.26. The minimum absolute atomic E-state index is 0.0284. The number of likely N-dealkylation sites (tertiary alicyclic amines) is 1. The van der Waals surface area contributed by atoms with E-state index in [1.807, 2.05) is 0 Å². The van der Waals surface area contributed by atoms with Gasteiger partial charge in [0.2, 0.25) is 12.3 Å². The van der Waals surface area contributed by atoms with Gasteiger partial charge in [-0.3, -0.25) is 4.79 Å². The van der Waals surface area contributed by atoms with Crippen molar-refractivity contribution < 1.29 is 13.6 Å². The lowest BCUT2D eigenvalue weighted by Crippen LogP contribution is -2.42. The van der Waals surface area contributed by atoms with Crippen molar-refractivity contribution in [3.63, 3.8) is 0 Å². The van der Waals surface area contributed by atoms with Crippen LogP contribution in [-0.4, -0.2) is 36.9 Å². The van der Waals surface area contributed by atoms with Crippen LogP contribution in [0.1, 0.15) is 12.8 Å². The zero-order valence-corrected chi connectivity index (χ0v) is 7.38. The highest BCUT2D eigenvalue weighted by Gasteiger charge is 2.27. The minimum Gasteiger partial charge on any atom is -0.342 e. The van der Waals surface area contributed by atoms with E-state index in [9.17, 15) is 13.6 Å². The maximum absolute atomic E-state index is 12.2. The molecule has 0 radical (unpaired) electrons. The summed E-state index contributed by atoms with van der Waals surface area (Å²) in [6.07, 6.45) is -1.47. The molecule has 76 valence electrons. The Balaban J connectivity index is 2.34. The van der Waals surface area contributed by atoms with Crippen LogP contribution in [0, 0.1) is 5.92 Å². The van der Waals surface area contributed by atoms with E-state index in [0.717, 1.165) is 0 Å². The molecule has 0 aliphatic carbocycles. The lowest BCUT2D eigenvalue weighted by atomic mass is 9.97. The number of piperidine rings is 1. The third-order valence-corrected chi connectivity index (χ3v) is 2.42. The van der Waals surface area contributed by atoms with E-state index in [2.05, 4.69) is 0 Å². The smallest absolute Gasteiger partial charge is 0.241 e. The van der Waals surface area contributed by atoms with Gasteiger partial charge in [0, 0.05) is 19.0 Å². The quantitative estimate of drug-likeness (QED) is 0.690. The molecule has 0 aromatic rings. The Kier molecular flexibility index (Phi) is 3.59. The van der Waals surface area contributed by atoms with Gasteiger partial charge in [-0.15, -0.1) is 0 Å². The summed E-state index contributed by atoms with van der Waals surface area (Å²) >= 11 is 0. The van der Waals surface area contributed by atoms with Crippen LogP contribution in [0.3, 0.4) is 0 Å². The largest absolute Gasteiger partial charge is 0.342 e. The van der Waals surface area contributed by atoms with Gasteiger partial charge in [0.25, 0.3) is 0 Å². The summed E-state index contributed by atoms with van der Waals surface area (Å²) in [5.41, 5.74) is 5.16. The van der Waals surface area contributed by atoms with Gasteiger partial charge in [-0.25, -0.2) is 8.78 Å². The number of nitrogens with two attached hydrogens (primary N) is 1. The number of amides is 1. The third kappa shape index (κ3) is 2.62. The topological polar surface area (TPSA) is 46.3 Å². The maximum atomic E-state index is 12.2. The van der Waals surface area contributed by atoms with E-state index in [1.165, 1.54) is 0 Å². The monoisotopic (exact) mass is 192 g/mol. The van der Waals surface area contributed by atoms with Crippen LogP contribution < -0.4 is 5.73 Å². The number of halogens is 2. The normalized spacial score (nSPS) is 19.5. The van der Waals surface area contributed by atoms with E-state index in [4.69, 9.17) is 5.73 Å². The first-order chi connectivity index (χ1) is 6.15. The summed E-state index contributed by atoms with van der Waals surface area (Å²) < 4.78 is 24.4. The van der Waals surface area contributed by atoms with Gasteiger partial charge in [-0.1, -0.05) is 0 Å². The van der Waals surface area contributed by atoms with Gasteiger partial charge >= 0.3 is 0 Å². The molecule has 1 aliphatic rings. The fourth-order valence-electron chi connectivity index (χ4n) is 1.53. The van der Waals surface area contributed by atoms with E-state index in [-0.39, 0.29) is 12.5 Å². The zero-order valence-electron chi connectivity index (χ0n) is 7.38. The average molecular weight is 192 g/mol. The van der Waals surface area contributed by atoms with Gasteiger partial charge in [0.05, 0.1) is 6.54 Å². The first-order valence-corrected chi connectivity index (χ1v) is 4.41. The number of carbonyl (C=O) groups is 1. The van der Waals surface area contributed by atoms with Crippen molar-refractivity contribution in [1.82, 2.24) is 4.90 Å². The molecule has 1 rings (SSSR count). The predicted octanol–water partition coefficient (Wildman–Crippen LogP) is 0.449. The van der Waals surface area contributed by atoms with Crippen LogP contribution in [0.2, 0.25) is 0 Å². The molecule has 2 N–H and O–H groups in total. The first kappa shape index (κ1) is 10.4. The fourth-order valence-corrected chi connectivity index (χ4v) is 1.53. The highest BCUT2D eigenvalue weighted by molar-refractivity contribution is 5.78. The molecular weight excluding hydrogens is 178 g/mol. The van der Waals surface area contributed by atoms with Crippen molar-refractivity contribution >= 4 is 5.91 Å². The highest BCUT2D eigenvalue weighted by Crippen LogP contribution is 2.23. The van der Waals surface area contributed by atoms with Crippen LogP contribution in [0.5, 0.6) is 0 Å². The van der Waals surface area contributed by atoms with Gasteiger partial charge < -0.3 is 10.6 Å². The van der Waals surface area contributed by atoms with Gasteiger partial charge in [-0.05, 0) is 12.8 Å². The summed E-state index contributed by atoms with van der Waals surface area (Å²) in [6, 6.07) is 0. The van der Waals surface area contributed by atoms with Gasteiger partial charge in [0.1, 0.15) is 0 Å². The second-order valence-electron chi connectivity index (χ2n) is 3.26. The number of hydrogen-bond acceptors (Lipinski definition) is 2. The van der Waals surface area contributed by atoms with Crippen molar-refractivity contribution in [2.75, 3.05) is 19.6 Å². The highest BCUT2D eigenvalue weighted by atomic mass is 19.3. The molecule has 0 aromatic carbocycles. The first-order valence-electron chi connectivity index (χ1n) is 4.41. The second kappa shape index (κ2) is 4.50. The number of rotatable bonds is 2. The number of alkyl halides is 2. The van der Waals surface area contributed by atoms with Crippen molar-refractivity contribution in [3.05, 3.63) is 0 Å². The van der Waals surface area contributed by atoms with Crippen LogP contribution >= 0.6 is 0 Å². The number of nitrogens with zero attached hydrogens (tertiary/aromatic N) is 1. The summed E-state index contributed by atoms with van der Waals surface area (Å²) in [5.74, 6) is -0.686. The standard InChI is InChI=1S/C8H14F2N2O/c9-8(10)6-1-3-12(4-2-6)7(13)5-11/h6,8H,1-5,11H2. The third-order valence-electron chi connectivity index (χ3n) is 2.42. The van der Waals surface area contributed by atoms with E-state index in [1.54, 1.807) is 4.90 Å². The van der Waals surface area contributed by atoms with Gasteiger partial charge in [0.15, 0.2) is 0 Å². The van der Waals surface area contributed by atoms with Crippen molar-refractivity contribution in [2.24, 2.45) is 11.7 Å². The van der Waals surface area contributed by atoms with E-state index in [0.29, 0.717) is 25.9 Å². The molecule has 1 aliphatic heterocycles. The molecule has 0 spiro atoms. The minimum atomic E-state index is -2.25. The molecule has 0 aromatic heterocycles. The Labute approximate surface area is 75.9 Å². The van der Waals surface area contributed by atoms with Crippen LogP contribution in [0.15, 0.2) is 0 Å². The average Bonchev–Trinajstić information content (AvgIpc) is 2.17. The maximum Gasteiger partial charge on any atom is 0.241 e. The summed E-state index contributed by atoms with van der Waals surface area (Å²) in [5, 5.41) is 0. The Hall–Kier alpha value is -0.710. The molecule has 0 atom stereocenters. The zero-order chi connectivity index (χ0) is 9.84. The van der Waals surface area contributed by atoms with Crippen LogP contribution in [-0.2, 0) is 4.79 Å². The fraction of sp³-hybridized carbons (Fsp3) is 0.875. The molecule has 3 nitrogen and oxygen atoms in total. The molecule has 5 heteroatoms. The van der Waals surface area contributed by atoms with Crippen molar-refractivity contribution in [1.29, 1.82) is 0 Å². The Morgan fingerprint density at radius 3 is 2.38 bits per heavy atom. The van der Waals surface area contributed by atoms with Crippen LogP contribution in [0.4, 0.5) is 8.78 Å². The van der Waals surface area contributed by atoms with Crippen molar-refractivity contribution in [3.8, 4) is 0 Å². The Morgan fingerprint density at radius 2 is 2.00 bits per heavy atom. The molecule has 0 saturated carbocycles. The van der Waals surface area contributed by atoms with E-state index >= 15 is 0 Å². The Morgan fingerprint density at radius 1 is 1.46 bits per heavy atom. The van der Waals surface area contributed by atoms with Crippen LogP contribution in [0.25, 0.3) is 0 Å². The molecule has 13 heavy (non-hydrogen) atoms. The molecule has 1 saturated heterocycles. The molecule has 0 unspecified atom stereocenters. The predicted molar refractivity (Wildman–Crippen MR) is 44.4 cm³/mol. The summed E-state index contributed by atoms with van der Waals surface area (Å²) in [4.78, 5) is 12.6. The summed E-state index contributed by atoms with van der Waals surface area (Å²) in [7, 11) is 0. The van der Waals surface area contributed by atoms with Crippen molar-refractivity contribution in [2.45, 2.75) is 19.3 Å². The molecule has 1 heterocycles. The van der Waals surface area contributed by atoms with Gasteiger partial charge in [-0.2, -0.15) is 0 Å². The SMILES string of the molecule is NCC(=O)N1CCC(C(F)F)CC1. The molecule has 0 bridgehead atoms. The lowest BCUT2D eigenvalue weighted by Gasteiger charge is -2.31. The molecular formula is C8H14F2N2O.